The Morgan fingerprint density at radius 2 is 2.06 bits per heavy atom. The van der Waals surface area contributed by atoms with Crippen molar-refractivity contribution in [2.24, 2.45) is 0 Å². The normalized spacial score (nSPS) is 10.6. The van der Waals surface area contributed by atoms with Crippen LogP contribution in [0.1, 0.15) is 26.2 Å². The molecule has 0 aliphatic heterocycles. The van der Waals surface area contributed by atoms with Crippen molar-refractivity contribution in [3.63, 3.8) is 0 Å². The summed E-state index contributed by atoms with van der Waals surface area (Å²) >= 11 is 0. The Bertz CT molecular complexity index is 497. The summed E-state index contributed by atoms with van der Waals surface area (Å²) in [5, 5.41) is 2.00. The van der Waals surface area contributed by atoms with Crippen LogP contribution in [0, 0.1) is 0 Å². The number of nitrogens with zero attached hydrogens (tertiary/aromatic N) is 1. The molecule has 0 unspecified atom stereocenters. The summed E-state index contributed by atoms with van der Waals surface area (Å²) in [5.41, 5.74) is 6.69. The van der Waals surface area contributed by atoms with E-state index >= 15 is 0 Å². The summed E-state index contributed by atoms with van der Waals surface area (Å²) in [6.45, 7) is 2.93. The fourth-order valence-electron chi connectivity index (χ4n) is 1.85. The van der Waals surface area contributed by atoms with Gasteiger partial charge >= 0.3 is 0 Å². The van der Waals surface area contributed by atoms with Gasteiger partial charge < -0.3 is 10.5 Å². The smallest absolute Gasteiger partial charge is 0.128 e. The molecule has 17 heavy (non-hydrogen) atoms. The molecule has 0 saturated carbocycles. The number of unbranched alkanes of at least 4 members (excludes halogenated alkanes) is 2. The highest BCUT2D eigenvalue weighted by molar-refractivity contribution is 5.96. The van der Waals surface area contributed by atoms with Gasteiger partial charge in [-0.3, -0.25) is 4.98 Å². The minimum Gasteiger partial charge on any atom is -0.493 e. The topological polar surface area (TPSA) is 48.1 Å². The van der Waals surface area contributed by atoms with Crippen LogP contribution < -0.4 is 10.5 Å². The van der Waals surface area contributed by atoms with Crippen LogP contribution in [-0.2, 0) is 0 Å². The van der Waals surface area contributed by atoms with E-state index in [1.54, 1.807) is 12.4 Å². The van der Waals surface area contributed by atoms with Gasteiger partial charge in [-0.05, 0) is 24.6 Å². The lowest BCUT2D eigenvalue weighted by Crippen LogP contribution is -1.98. The van der Waals surface area contributed by atoms with Gasteiger partial charge in [-0.15, -0.1) is 0 Å². The van der Waals surface area contributed by atoms with Crippen molar-refractivity contribution in [3.05, 3.63) is 30.6 Å². The molecule has 0 aliphatic rings. The first-order chi connectivity index (χ1) is 8.33. The van der Waals surface area contributed by atoms with E-state index in [4.69, 9.17) is 10.5 Å². The van der Waals surface area contributed by atoms with Gasteiger partial charge in [-0.25, -0.2) is 0 Å². The van der Waals surface area contributed by atoms with E-state index in [9.17, 15) is 0 Å². The summed E-state index contributed by atoms with van der Waals surface area (Å²) in [5.74, 6) is 0.874. The number of ether oxygens (including phenoxy) is 1. The molecule has 0 aliphatic carbocycles. The van der Waals surface area contributed by atoms with Crippen LogP contribution in [0.25, 0.3) is 10.8 Å². The lowest BCUT2D eigenvalue weighted by Gasteiger charge is -2.10. The fourth-order valence-corrected chi connectivity index (χ4v) is 1.85. The first kappa shape index (κ1) is 11.7. The zero-order valence-corrected chi connectivity index (χ0v) is 10.1. The van der Waals surface area contributed by atoms with Crippen LogP contribution >= 0.6 is 0 Å². The third-order valence-corrected chi connectivity index (χ3v) is 2.82. The summed E-state index contributed by atoms with van der Waals surface area (Å²) in [7, 11) is 0. The van der Waals surface area contributed by atoms with Gasteiger partial charge in [0, 0.05) is 28.9 Å². The van der Waals surface area contributed by atoms with Gasteiger partial charge in [0.2, 0.25) is 0 Å². The summed E-state index contributed by atoms with van der Waals surface area (Å²) in [6.07, 6.45) is 7.04. The highest BCUT2D eigenvalue weighted by atomic mass is 16.5. The first-order valence-electron chi connectivity index (χ1n) is 6.08. The number of hydrogen-bond donors (Lipinski definition) is 1. The minimum atomic E-state index is 0.752. The molecule has 0 atom stereocenters. The van der Waals surface area contributed by atoms with Gasteiger partial charge in [0.05, 0.1) is 6.61 Å². The number of anilines is 1. The Hall–Kier alpha value is -1.77. The third kappa shape index (κ3) is 2.67. The van der Waals surface area contributed by atoms with E-state index in [0.29, 0.717) is 0 Å². The quantitative estimate of drug-likeness (QED) is 0.632. The Labute approximate surface area is 102 Å². The molecular weight excluding hydrogens is 212 g/mol. The summed E-state index contributed by atoms with van der Waals surface area (Å²) in [6, 6.07) is 5.73. The SMILES string of the molecule is CCCCCOc1ccc(N)c2ccncc12. The van der Waals surface area contributed by atoms with Gasteiger partial charge in [0.25, 0.3) is 0 Å². The van der Waals surface area contributed by atoms with Crippen LogP contribution in [0.4, 0.5) is 5.69 Å². The Kier molecular flexibility index (Phi) is 3.81. The molecule has 0 saturated heterocycles. The number of hydrogen-bond acceptors (Lipinski definition) is 3. The number of nitrogens with two attached hydrogens (primary N) is 1. The highest BCUT2D eigenvalue weighted by Gasteiger charge is 2.04. The van der Waals surface area contributed by atoms with Crippen molar-refractivity contribution in [1.82, 2.24) is 4.98 Å². The molecule has 2 N–H and O–H groups in total. The number of rotatable bonds is 5. The van der Waals surface area contributed by atoms with Gasteiger partial charge in [-0.1, -0.05) is 19.8 Å². The average molecular weight is 230 g/mol. The maximum Gasteiger partial charge on any atom is 0.128 e. The van der Waals surface area contributed by atoms with E-state index in [1.807, 2.05) is 18.2 Å². The molecule has 1 aromatic heterocycles. The second-order valence-corrected chi connectivity index (χ2v) is 4.13. The van der Waals surface area contributed by atoms with Crippen molar-refractivity contribution in [3.8, 4) is 5.75 Å². The molecule has 3 heteroatoms. The number of nitrogen functional groups attached to an aromatic ring is 1. The third-order valence-electron chi connectivity index (χ3n) is 2.82. The Morgan fingerprint density at radius 3 is 2.88 bits per heavy atom. The molecule has 90 valence electrons. The molecule has 1 aromatic carbocycles. The fraction of sp³-hybridized carbons (Fsp3) is 0.357. The maximum atomic E-state index is 5.92. The molecule has 0 spiro atoms. The van der Waals surface area contributed by atoms with Gasteiger partial charge in [0.1, 0.15) is 5.75 Å². The van der Waals surface area contributed by atoms with Crippen LogP contribution in [0.15, 0.2) is 30.6 Å². The van der Waals surface area contributed by atoms with Crippen molar-refractivity contribution in [2.45, 2.75) is 26.2 Å². The highest BCUT2D eigenvalue weighted by Crippen LogP contribution is 2.29. The van der Waals surface area contributed by atoms with Crippen LogP contribution in [0.3, 0.4) is 0 Å². The first-order valence-corrected chi connectivity index (χ1v) is 6.08. The second-order valence-electron chi connectivity index (χ2n) is 4.13. The second kappa shape index (κ2) is 5.53. The predicted molar refractivity (Wildman–Crippen MR) is 71.2 cm³/mol. The summed E-state index contributed by atoms with van der Waals surface area (Å²) < 4.78 is 5.78. The zero-order chi connectivity index (χ0) is 12.1. The Morgan fingerprint density at radius 1 is 1.18 bits per heavy atom. The number of benzene rings is 1. The van der Waals surface area contributed by atoms with E-state index in [2.05, 4.69) is 11.9 Å². The van der Waals surface area contributed by atoms with E-state index in [-0.39, 0.29) is 0 Å². The number of aromatic nitrogens is 1. The molecular formula is C14H18N2O. The molecule has 0 radical (unpaired) electrons. The molecule has 0 fully saturated rings. The number of fused-ring (bicyclic) bond motifs is 1. The maximum absolute atomic E-state index is 5.92. The molecule has 2 rings (SSSR count). The largest absolute Gasteiger partial charge is 0.493 e. The molecule has 0 amide bonds. The van der Waals surface area contributed by atoms with Crippen LogP contribution in [0.2, 0.25) is 0 Å². The molecule has 1 heterocycles. The zero-order valence-electron chi connectivity index (χ0n) is 10.1. The average Bonchev–Trinajstić information content (AvgIpc) is 2.37. The van der Waals surface area contributed by atoms with Crippen LogP contribution in [0.5, 0.6) is 5.75 Å². The van der Waals surface area contributed by atoms with E-state index in [0.717, 1.165) is 35.2 Å². The van der Waals surface area contributed by atoms with Crippen molar-refractivity contribution in [1.29, 1.82) is 0 Å². The van der Waals surface area contributed by atoms with Crippen LogP contribution in [-0.4, -0.2) is 11.6 Å². The van der Waals surface area contributed by atoms with Gasteiger partial charge in [-0.2, -0.15) is 0 Å². The lowest BCUT2D eigenvalue weighted by molar-refractivity contribution is 0.310. The predicted octanol–water partition coefficient (Wildman–Crippen LogP) is 3.39. The summed E-state index contributed by atoms with van der Waals surface area (Å²) in [4.78, 5) is 4.12. The monoisotopic (exact) mass is 230 g/mol. The Balaban J connectivity index is 2.20. The molecule has 3 nitrogen and oxygen atoms in total. The van der Waals surface area contributed by atoms with E-state index in [1.165, 1.54) is 12.8 Å². The standard InChI is InChI=1S/C14H18N2O/c1-2-3-4-9-17-14-6-5-13(15)11-7-8-16-10-12(11)14/h5-8,10H,2-4,9,15H2,1H3. The molecule has 0 bridgehead atoms. The lowest BCUT2D eigenvalue weighted by atomic mass is 10.1. The van der Waals surface area contributed by atoms with E-state index < -0.39 is 0 Å². The van der Waals surface area contributed by atoms with Crippen molar-refractivity contribution >= 4 is 16.5 Å². The molecule has 2 aromatic rings. The minimum absolute atomic E-state index is 0.752. The van der Waals surface area contributed by atoms with Crippen molar-refractivity contribution in [2.75, 3.05) is 12.3 Å². The van der Waals surface area contributed by atoms with Gasteiger partial charge in [0.15, 0.2) is 0 Å². The van der Waals surface area contributed by atoms with Crippen molar-refractivity contribution < 1.29 is 4.74 Å². The number of pyridine rings is 1.